The Bertz CT molecular complexity index is 115. The molecule has 0 aliphatic carbocycles. The van der Waals surface area contributed by atoms with Gasteiger partial charge < -0.3 is 0 Å². The van der Waals surface area contributed by atoms with Crippen LogP contribution in [0.2, 0.25) is 0 Å². The summed E-state index contributed by atoms with van der Waals surface area (Å²) < 4.78 is 0. The molecule has 0 N–H and O–H groups in total. The second-order valence-corrected chi connectivity index (χ2v) is 3.26. The third-order valence-electron chi connectivity index (χ3n) is 1.88. The van der Waals surface area contributed by atoms with E-state index in [0.29, 0.717) is 0 Å². The largest absolute Gasteiger partial charge is 0.0876 e. The van der Waals surface area contributed by atoms with Crippen LogP contribution < -0.4 is 0 Å². The molecule has 0 nitrogen and oxygen atoms in total. The van der Waals surface area contributed by atoms with Crippen molar-refractivity contribution in [1.29, 1.82) is 0 Å². The van der Waals surface area contributed by atoms with Gasteiger partial charge in [0.1, 0.15) is 0 Å². The van der Waals surface area contributed by atoms with E-state index < -0.39 is 0 Å². The lowest BCUT2D eigenvalue weighted by molar-refractivity contribution is 0.813. The predicted octanol–water partition coefficient (Wildman–Crippen LogP) is 4.56. The molecule has 0 heterocycles. The monoisotopic (exact) mass is 178 g/mol. The average molecular weight is 178 g/mol. The molecule has 0 bridgehead atoms. The number of rotatable bonds is 8. The zero-order chi connectivity index (χ0) is 9.78. The predicted molar refractivity (Wildman–Crippen MR) is 60.6 cm³/mol. The fraction of sp³-hybridized carbons (Fsp3) is 0.615. The smallest absolute Gasteiger partial charge is 0.0337 e. The van der Waals surface area contributed by atoms with Crippen molar-refractivity contribution in [3.8, 4) is 0 Å². The maximum absolute atomic E-state index is 3.14. The van der Waals surface area contributed by atoms with Crippen molar-refractivity contribution in [2.45, 2.75) is 52.4 Å². The molecule has 0 aromatic rings. The summed E-state index contributed by atoms with van der Waals surface area (Å²) in [7, 11) is 0. The highest BCUT2D eigenvalue weighted by molar-refractivity contribution is 5.07. The Kier molecular flexibility index (Phi) is 11.0. The molecule has 0 aromatic carbocycles. The van der Waals surface area contributed by atoms with Crippen LogP contribution in [0.4, 0.5) is 0 Å². The van der Waals surface area contributed by atoms with Gasteiger partial charge in [-0.2, -0.15) is 0 Å². The summed E-state index contributed by atoms with van der Waals surface area (Å²) in [5.41, 5.74) is 0. The van der Waals surface area contributed by atoms with Gasteiger partial charge in [0, 0.05) is 6.42 Å². The quantitative estimate of drug-likeness (QED) is 0.478. The lowest BCUT2D eigenvalue weighted by Gasteiger charge is -1.88. The van der Waals surface area contributed by atoms with Crippen LogP contribution in [0.15, 0.2) is 24.3 Å². The van der Waals surface area contributed by atoms with Crippen LogP contribution in [0.3, 0.4) is 0 Å². The minimum atomic E-state index is 1.19. The van der Waals surface area contributed by atoms with Gasteiger partial charge in [-0.1, -0.05) is 63.8 Å². The first-order valence-corrected chi connectivity index (χ1v) is 5.47. The summed E-state index contributed by atoms with van der Waals surface area (Å²) >= 11 is 0. The summed E-state index contributed by atoms with van der Waals surface area (Å²) in [5.74, 6) is 0. The molecule has 0 saturated heterocycles. The van der Waals surface area contributed by atoms with Gasteiger partial charge >= 0.3 is 0 Å². The van der Waals surface area contributed by atoms with Crippen molar-refractivity contribution in [3.63, 3.8) is 0 Å². The van der Waals surface area contributed by atoms with Crippen molar-refractivity contribution < 1.29 is 0 Å². The molecule has 0 spiro atoms. The molecule has 0 aliphatic heterocycles. The van der Waals surface area contributed by atoms with E-state index in [4.69, 9.17) is 0 Å². The molecule has 13 heavy (non-hydrogen) atoms. The second kappa shape index (κ2) is 11.5. The summed E-state index contributed by atoms with van der Waals surface area (Å²) in [5, 5.41) is 0. The van der Waals surface area contributed by atoms with Crippen molar-refractivity contribution >= 4 is 0 Å². The maximum atomic E-state index is 3.14. The molecule has 0 rings (SSSR count). The van der Waals surface area contributed by atoms with Crippen LogP contribution in [-0.4, -0.2) is 0 Å². The molecule has 0 atom stereocenters. The van der Waals surface area contributed by atoms with Crippen LogP contribution in [0.1, 0.15) is 52.4 Å². The van der Waals surface area contributed by atoms with E-state index in [2.05, 4.69) is 32.4 Å². The van der Waals surface area contributed by atoms with E-state index in [1.807, 2.05) is 12.2 Å². The summed E-state index contributed by atoms with van der Waals surface area (Å²) in [6, 6.07) is 0. The fourth-order valence-electron chi connectivity index (χ4n) is 1.00. The molecule has 0 heteroatoms. The van der Waals surface area contributed by atoms with Gasteiger partial charge in [-0.05, 0) is 12.8 Å². The number of hydrogen-bond acceptors (Lipinski definition) is 0. The highest BCUT2D eigenvalue weighted by Crippen LogP contribution is 1.98. The Labute approximate surface area is 83.7 Å². The van der Waals surface area contributed by atoms with Gasteiger partial charge in [0.05, 0.1) is 0 Å². The van der Waals surface area contributed by atoms with Crippen molar-refractivity contribution in [1.82, 2.24) is 0 Å². The molecule has 0 aromatic heterocycles. The highest BCUT2D eigenvalue weighted by Gasteiger charge is 1.79. The van der Waals surface area contributed by atoms with Crippen molar-refractivity contribution in [2.24, 2.45) is 0 Å². The summed E-state index contributed by atoms with van der Waals surface area (Å²) in [4.78, 5) is 0. The van der Waals surface area contributed by atoms with Crippen LogP contribution in [0, 0.1) is 6.42 Å². The van der Waals surface area contributed by atoms with E-state index in [1.54, 1.807) is 0 Å². The Morgan fingerprint density at radius 3 is 1.69 bits per heavy atom. The molecule has 0 saturated carbocycles. The van der Waals surface area contributed by atoms with E-state index >= 15 is 0 Å². The highest BCUT2D eigenvalue weighted by atomic mass is 13.8. The van der Waals surface area contributed by atoms with Crippen LogP contribution >= 0.6 is 0 Å². The Morgan fingerprint density at radius 1 is 0.846 bits per heavy atom. The summed E-state index contributed by atoms with van der Waals surface area (Å²) in [6.07, 6.45) is 19.1. The first-order chi connectivity index (χ1) is 6.41. The van der Waals surface area contributed by atoms with Crippen LogP contribution in [0.5, 0.6) is 0 Å². The SMILES string of the molecule is CCCC/C=C/[C]/C=C/CCCC. The van der Waals surface area contributed by atoms with Crippen molar-refractivity contribution in [3.05, 3.63) is 30.7 Å². The molecule has 0 fully saturated rings. The molecule has 0 amide bonds. The third kappa shape index (κ3) is 11.5. The minimum absolute atomic E-state index is 1.19. The van der Waals surface area contributed by atoms with E-state index in [9.17, 15) is 0 Å². The Hall–Kier alpha value is -0.520. The van der Waals surface area contributed by atoms with Gasteiger partial charge in [0.2, 0.25) is 0 Å². The lowest BCUT2D eigenvalue weighted by atomic mass is 10.2. The summed E-state index contributed by atoms with van der Waals surface area (Å²) in [6.45, 7) is 4.43. The molecule has 0 aliphatic rings. The molecular formula is C13H22. The Morgan fingerprint density at radius 2 is 1.31 bits per heavy atom. The van der Waals surface area contributed by atoms with Gasteiger partial charge in [-0.25, -0.2) is 0 Å². The first kappa shape index (κ1) is 12.5. The van der Waals surface area contributed by atoms with Gasteiger partial charge in [-0.15, -0.1) is 0 Å². The molecule has 0 unspecified atom stereocenters. The van der Waals surface area contributed by atoms with Gasteiger partial charge in [-0.3, -0.25) is 0 Å². The van der Waals surface area contributed by atoms with Gasteiger partial charge in [0.25, 0.3) is 0 Å². The molecular weight excluding hydrogens is 156 g/mol. The molecule has 74 valence electrons. The third-order valence-corrected chi connectivity index (χ3v) is 1.88. The van der Waals surface area contributed by atoms with Crippen LogP contribution in [-0.2, 0) is 0 Å². The van der Waals surface area contributed by atoms with E-state index in [-0.39, 0.29) is 0 Å². The maximum Gasteiger partial charge on any atom is 0.0337 e. The van der Waals surface area contributed by atoms with E-state index in [0.717, 1.165) is 0 Å². The number of unbranched alkanes of at least 4 members (excludes halogenated alkanes) is 4. The zero-order valence-electron chi connectivity index (χ0n) is 9.05. The van der Waals surface area contributed by atoms with Crippen molar-refractivity contribution in [2.75, 3.05) is 0 Å². The zero-order valence-corrected chi connectivity index (χ0v) is 9.05. The molecule has 2 radical (unpaired) electrons. The normalized spacial score (nSPS) is 11.8. The standard InChI is InChI=1S/C13H22/c1-3-5-7-9-11-13-12-10-8-6-4-2/h9-12H,3-8H2,1-2H3/b11-9+,12-10+. The first-order valence-electron chi connectivity index (χ1n) is 5.47. The number of hydrogen-bond donors (Lipinski definition) is 0. The average Bonchev–Trinajstić information content (AvgIpc) is 2.16. The lowest BCUT2D eigenvalue weighted by Crippen LogP contribution is -1.69. The van der Waals surface area contributed by atoms with Crippen LogP contribution in [0.25, 0.3) is 0 Å². The van der Waals surface area contributed by atoms with Gasteiger partial charge in [0.15, 0.2) is 0 Å². The fourth-order valence-corrected chi connectivity index (χ4v) is 1.00. The Balaban J connectivity index is 3.13. The number of allylic oxidation sites excluding steroid dienone is 4. The van der Waals surface area contributed by atoms with E-state index in [1.165, 1.54) is 38.5 Å². The topological polar surface area (TPSA) is 0 Å². The minimum Gasteiger partial charge on any atom is -0.0876 e. The second-order valence-electron chi connectivity index (χ2n) is 3.26.